The van der Waals surface area contributed by atoms with E-state index in [1.54, 1.807) is 12.1 Å². The minimum absolute atomic E-state index is 0. The van der Waals surface area contributed by atoms with Gasteiger partial charge in [-0.15, -0.1) is 6.42 Å². The quantitative estimate of drug-likeness (QED) is 0.386. The molecule has 0 aliphatic rings. The van der Waals surface area contributed by atoms with Gasteiger partial charge in [0.25, 0.3) is 0 Å². The molecular weight excluding hydrogens is 465 g/mol. The second-order valence-electron chi connectivity index (χ2n) is 6.49. The average molecular weight is 490 g/mol. The minimum atomic E-state index is -3.86. The summed E-state index contributed by atoms with van der Waals surface area (Å²) in [6.07, 6.45) is 6.10. The largest absolute Gasteiger partial charge is 0.493 e. The van der Waals surface area contributed by atoms with E-state index < -0.39 is 15.8 Å². The molecule has 5 N–H and O–H groups in total. The Morgan fingerprint density at radius 2 is 1.76 bits per heavy atom. The molecule has 34 heavy (non-hydrogen) atoms. The highest BCUT2D eigenvalue weighted by Gasteiger charge is 2.18. The van der Waals surface area contributed by atoms with Crippen molar-refractivity contribution in [3.05, 3.63) is 48.4 Å². The highest BCUT2D eigenvalue weighted by atomic mass is 32.2. The van der Waals surface area contributed by atoms with E-state index in [2.05, 4.69) is 25.9 Å². The number of ether oxygens (including phenoxy) is 3. The fourth-order valence-electron chi connectivity index (χ4n) is 2.94. The fraction of sp³-hybridized carbons (Fsp3) is 0.182. The molecule has 0 radical (unpaired) electrons. The number of anilines is 2. The van der Waals surface area contributed by atoms with Gasteiger partial charge in [-0.2, -0.15) is 4.72 Å². The molecule has 180 valence electrons. The SMILES string of the molecule is C#CCNS(=O)(=O)c1cccc(-c2nc(Nc3cc(OC)c(OC)c(OC)c3)ncc2F)c1.N. The maximum absolute atomic E-state index is 14.6. The van der Waals surface area contributed by atoms with Crippen molar-refractivity contribution in [3.8, 4) is 40.8 Å². The van der Waals surface area contributed by atoms with Crippen LogP contribution in [0.25, 0.3) is 11.3 Å². The third-order valence-corrected chi connectivity index (χ3v) is 5.85. The number of methoxy groups -OCH3 is 3. The molecule has 0 unspecified atom stereocenters. The number of sulfonamides is 1. The van der Waals surface area contributed by atoms with Crippen LogP contribution < -0.4 is 30.4 Å². The topological polar surface area (TPSA) is 147 Å². The van der Waals surface area contributed by atoms with Gasteiger partial charge in [0.15, 0.2) is 17.3 Å². The molecule has 0 atom stereocenters. The monoisotopic (exact) mass is 489 g/mol. The van der Waals surface area contributed by atoms with Gasteiger partial charge in [0.05, 0.1) is 39.0 Å². The van der Waals surface area contributed by atoms with E-state index in [9.17, 15) is 12.8 Å². The molecular formula is C22H24FN5O5S. The maximum Gasteiger partial charge on any atom is 0.241 e. The van der Waals surface area contributed by atoms with E-state index in [4.69, 9.17) is 20.6 Å². The van der Waals surface area contributed by atoms with E-state index in [0.29, 0.717) is 22.9 Å². The van der Waals surface area contributed by atoms with E-state index >= 15 is 0 Å². The Bertz CT molecular complexity index is 1290. The molecule has 0 fully saturated rings. The van der Waals surface area contributed by atoms with Crippen molar-refractivity contribution in [2.75, 3.05) is 33.2 Å². The Morgan fingerprint density at radius 1 is 1.09 bits per heavy atom. The summed E-state index contributed by atoms with van der Waals surface area (Å²) in [4.78, 5) is 8.10. The van der Waals surface area contributed by atoms with Crippen LogP contribution in [0.15, 0.2) is 47.5 Å². The smallest absolute Gasteiger partial charge is 0.241 e. The Balaban J connectivity index is 0.00000408. The summed E-state index contributed by atoms with van der Waals surface area (Å²) in [7, 11) is 0.584. The first-order valence-corrected chi connectivity index (χ1v) is 10.9. The Labute approximate surface area is 197 Å². The highest BCUT2D eigenvalue weighted by Crippen LogP contribution is 2.40. The summed E-state index contributed by atoms with van der Waals surface area (Å²) in [5, 5.41) is 2.96. The molecule has 1 heterocycles. The molecule has 3 rings (SSSR count). The van der Waals surface area contributed by atoms with Crippen LogP contribution in [0.1, 0.15) is 0 Å². The van der Waals surface area contributed by atoms with Crippen molar-refractivity contribution in [1.82, 2.24) is 20.8 Å². The lowest BCUT2D eigenvalue weighted by molar-refractivity contribution is 0.324. The normalized spacial score (nSPS) is 10.6. The average Bonchev–Trinajstić information content (AvgIpc) is 2.83. The van der Waals surface area contributed by atoms with E-state index in [0.717, 1.165) is 6.20 Å². The van der Waals surface area contributed by atoms with Crippen LogP contribution in [0, 0.1) is 18.2 Å². The Morgan fingerprint density at radius 3 is 2.35 bits per heavy atom. The van der Waals surface area contributed by atoms with E-state index in [-0.39, 0.29) is 34.8 Å². The molecule has 0 saturated carbocycles. The van der Waals surface area contributed by atoms with Gasteiger partial charge < -0.3 is 25.7 Å². The van der Waals surface area contributed by atoms with E-state index in [1.807, 2.05) is 0 Å². The molecule has 0 aliphatic carbocycles. The Kier molecular flexibility index (Phi) is 8.74. The second-order valence-corrected chi connectivity index (χ2v) is 8.25. The molecule has 0 amide bonds. The number of benzene rings is 2. The lowest BCUT2D eigenvalue weighted by Gasteiger charge is -2.15. The van der Waals surface area contributed by atoms with Crippen molar-refractivity contribution in [1.29, 1.82) is 0 Å². The first kappa shape index (κ1) is 26.3. The predicted molar refractivity (Wildman–Crippen MR) is 126 cm³/mol. The molecule has 0 bridgehead atoms. The lowest BCUT2D eigenvalue weighted by atomic mass is 10.1. The second kappa shape index (κ2) is 11.3. The highest BCUT2D eigenvalue weighted by molar-refractivity contribution is 7.89. The van der Waals surface area contributed by atoms with Gasteiger partial charge in [0.1, 0.15) is 5.69 Å². The molecule has 3 aromatic rings. The van der Waals surface area contributed by atoms with Gasteiger partial charge in [0, 0.05) is 23.4 Å². The summed E-state index contributed by atoms with van der Waals surface area (Å²) in [5.74, 6) is 2.75. The van der Waals surface area contributed by atoms with Gasteiger partial charge >= 0.3 is 0 Å². The van der Waals surface area contributed by atoms with Crippen LogP contribution in [0.4, 0.5) is 16.0 Å². The standard InChI is InChI=1S/C22H21FN4O5S.H3N/c1-5-9-25-33(28,29)16-8-6-7-14(10-16)20-17(23)13-24-22(27-20)26-15-11-18(30-2)21(32-4)19(12-15)31-3;/h1,6-8,10-13,25H,9H2,2-4H3,(H,24,26,27);1H3. The van der Waals surface area contributed by atoms with Crippen molar-refractivity contribution in [2.45, 2.75) is 4.90 Å². The number of nitrogens with one attached hydrogen (secondary N) is 2. The lowest BCUT2D eigenvalue weighted by Crippen LogP contribution is -2.23. The van der Waals surface area contributed by atoms with Gasteiger partial charge in [-0.1, -0.05) is 18.1 Å². The number of aromatic nitrogens is 2. The molecule has 2 aromatic carbocycles. The first-order chi connectivity index (χ1) is 15.8. The number of nitrogens with zero attached hydrogens (tertiary/aromatic N) is 2. The predicted octanol–water partition coefficient (Wildman–Crippen LogP) is 3.13. The third-order valence-electron chi connectivity index (χ3n) is 4.45. The summed E-state index contributed by atoms with van der Waals surface area (Å²) in [6, 6.07) is 8.96. The number of rotatable bonds is 9. The molecule has 1 aromatic heterocycles. The van der Waals surface area contributed by atoms with Gasteiger partial charge in [-0.3, -0.25) is 0 Å². The van der Waals surface area contributed by atoms with Crippen molar-refractivity contribution in [2.24, 2.45) is 0 Å². The molecule has 0 saturated heterocycles. The van der Waals surface area contributed by atoms with Crippen molar-refractivity contribution in [3.63, 3.8) is 0 Å². The van der Waals surface area contributed by atoms with Crippen molar-refractivity contribution >= 4 is 21.7 Å². The Hall–Kier alpha value is -3.92. The summed E-state index contributed by atoms with van der Waals surface area (Å²) in [6.45, 7) is -0.169. The maximum atomic E-state index is 14.6. The van der Waals surface area contributed by atoms with Gasteiger partial charge in [-0.25, -0.2) is 22.8 Å². The third kappa shape index (κ3) is 5.70. The number of halogens is 1. The zero-order valence-electron chi connectivity index (χ0n) is 18.8. The zero-order chi connectivity index (χ0) is 24.0. The van der Waals surface area contributed by atoms with Crippen LogP contribution in [-0.2, 0) is 10.0 Å². The van der Waals surface area contributed by atoms with Crippen LogP contribution in [0.5, 0.6) is 17.2 Å². The summed E-state index contributed by atoms with van der Waals surface area (Å²) < 4.78 is 57.5. The van der Waals surface area contributed by atoms with Crippen molar-refractivity contribution < 1.29 is 27.0 Å². The fourth-order valence-corrected chi connectivity index (χ4v) is 3.92. The molecule has 12 heteroatoms. The number of hydrogen-bond acceptors (Lipinski definition) is 9. The van der Waals surface area contributed by atoms with Gasteiger partial charge in [-0.05, 0) is 12.1 Å². The van der Waals surface area contributed by atoms with Gasteiger partial charge in [0.2, 0.25) is 21.7 Å². The van der Waals surface area contributed by atoms with Crippen LogP contribution >= 0.6 is 0 Å². The number of hydrogen-bond donors (Lipinski definition) is 3. The molecule has 10 nitrogen and oxygen atoms in total. The summed E-state index contributed by atoms with van der Waals surface area (Å²) >= 11 is 0. The van der Waals surface area contributed by atoms with E-state index in [1.165, 1.54) is 45.6 Å². The van der Waals surface area contributed by atoms with Crippen LogP contribution in [0.2, 0.25) is 0 Å². The molecule has 0 spiro atoms. The number of terminal acetylenes is 1. The van der Waals surface area contributed by atoms with Crippen LogP contribution in [0.3, 0.4) is 0 Å². The zero-order valence-corrected chi connectivity index (χ0v) is 19.6. The summed E-state index contributed by atoms with van der Waals surface area (Å²) in [5.41, 5.74) is 0.650. The molecule has 0 aliphatic heterocycles. The van der Waals surface area contributed by atoms with Crippen LogP contribution in [-0.4, -0.2) is 46.3 Å². The first-order valence-electron chi connectivity index (χ1n) is 9.46. The minimum Gasteiger partial charge on any atom is -0.493 e.